The minimum absolute atomic E-state index is 0.302. The van der Waals surface area contributed by atoms with E-state index in [-0.39, 0.29) is 6.17 Å². The van der Waals surface area contributed by atoms with Crippen molar-refractivity contribution in [3.8, 4) is 0 Å². The molecule has 1 aliphatic heterocycles. The molecular weight excluding hydrogens is 254 g/mol. The summed E-state index contributed by atoms with van der Waals surface area (Å²) >= 11 is 0. The molecule has 0 fully saturated rings. The van der Waals surface area contributed by atoms with Gasteiger partial charge in [-0.2, -0.15) is 0 Å². The number of anilines is 1. The highest BCUT2D eigenvalue weighted by Crippen LogP contribution is 2.31. The lowest BCUT2D eigenvalue weighted by Gasteiger charge is -2.22. The molecule has 0 aromatic carbocycles. The van der Waals surface area contributed by atoms with Gasteiger partial charge in [0.1, 0.15) is 5.82 Å². The number of nitrogens with two attached hydrogens (primary N) is 1. The summed E-state index contributed by atoms with van der Waals surface area (Å²) < 4.78 is 1.80. The summed E-state index contributed by atoms with van der Waals surface area (Å²) in [5, 5.41) is 8.48. The number of hydrogen-bond donors (Lipinski definition) is 2. The maximum atomic E-state index is 5.89. The van der Waals surface area contributed by atoms with E-state index in [9.17, 15) is 0 Å². The molecule has 0 radical (unpaired) electrons. The van der Waals surface area contributed by atoms with Gasteiger partial charge in [-0.1, -0.05) is 0 Å². The van der Waals surface area contributed by atoms with E-state index in [1.54, 1.807) is 23.3 Å². The lowest BCUT2D eigenvalue weighted by Crippen LogP contribution is -2.31. The van der Waals surface area contributed by atoms with Crippen LogP contribution in [-0.4, -0.2) is 25.7 Å². The molecule has 4 rings (SSSR count). The van der Waals surface area contributed by atoms with E-state index in [4.69, 9.17) is 5.73 Å². The van der Waals surface area contributed by atoms with Crippen LogP contribution in [-0.2, 0) is 0 Å². The average Bonchev–Trinajstić information content (AvgIpc) is 2.86. The van der Waals surface area contributed by atoms with Crippen LogP contribution in [0.2, 0.25) is 0 Å². The van der Waals surface area contributed by atoms with Crippen molar-refractivity contribution in [3.63, 3.8) is 0 Å². The maximum absolute atomic E-state index is 5.89. The maximum Gasteiger partial charge on any atom is 0.196 e. The molecule has 20 heavy (non-hydrogen) atoms. The normalized spacial score (nSPS) is 17.4. The molecule has 1 unspecified atom stereocenters. The first kappa shape index (κ1) is 10.9. The smallest absolute Gasteiger partial charge is 0.196 e. The van der Waals surface area contributed by atoms with E-state index in [0.717, 1.165) is 16.8 Å². The van der Waals surface area contributed by atoms with E-state index in [2.05, 4.69) is 25.4 Å². The van der Waals surface area contributed by atoms with Gasteiger partial charge in [0.25, 0.3) is 0 Å². The number of fused-ring (bicyclic) bond motifs is 3. The topological polar surface area (TPSA) is 94.0 Å². The summed E-state index contributed by atoms with van der Waals surface area (Å²) in [5.41, 5.74) is 7.53. The van der Waals surface area contributed by atoms with Crippen LogP contribution in [0.5, 0.6) is 0 Å². The van der Waals surface area contributed by atoms with Crippen LogP contribution in [0.25, 0.3) is 11.0 Å². The lowest BCUT2D eigenvalue weighted by atomic mass is 10.2. The Labute approximate surface area is 114 Å². The molecule has 3 N–H and O–H groups in total. The quantitative estimate of drug-likeness (QED) is 0.687. The fourth-order valence-electron chi connectivity index (χ4n) is 2.33. The Bertz CT molecular complexity index is 806. The van der Waals surface area contributed by atoms with Crippen molar-refractivity contribution in [2.24, 2.45) is 10.7 Å². The molecule has 0 amide bonds. The molecule has 0 saturated heterocycles. The highest BCUT2D eigenvalue weighted by atomic mass is 15.4. The van der Waals surface area contributed by atoms with E-state index >= 15 is 0 Å². The van der Waals surface area contributed by atoms with Crippen LogP contribution in [0.3, 0.4) is 0 Å². The zero-order valence-corrected chi connectivity index (χ0v) is 10.4. The van der Waals surface area contributed by atoms with Crippen molar-refractivity contribution in [1.29, 1.82) is 0 Å². The van der Waals surface area contributed by atoms with Crippen molar-refractivity contribution in [3.05, 3.63) is 48.4 Å². The first-order valence-corrected chi connectivity index (χ1v) is 6.16. The zero-order chi connectivity index (χ0) is 13.5. The van der Waals surface area contributed by atoms with Crippen LogP contribution in [0.15, 0.2) is 47.8 Å². The minimum Gasteiger partial charge on any atom is -0.370 e. The highest BCUT2D eigenvalue weighted by molar-refractivity contribution is 6.00. The minimum atomic E-state index is -0.302. The largest absolute Gasteiger partial charge is 0.370 e. The third kappa shape index (κ3) is 1.53. The van der Waals surface area contributed by atoms with Crippen molar-refractivity contribution in [2.75, 3.05) is 5.32 Å². The second kappa shape index (κ2) is 4.02. The summed E-state index contributed by atoms with van der Waals surface area (Å²) in [5.74, 6) is 1.17. The number of pyridine rings is 2. The fraction of sp³-hybridized carbons (Fsp3) is 0.0769. The third-order valence-corrected chi connectivity index (χ3v) is 3.22. The van der Waals surface area contributed by atoms with Crippen molar-refractivity contribution in [2.45, 2.75) is 6.17 Å². The van der Waals surface area contributed by atoms with Crippen LogP contribution >= 0.6 is 0 Å². The van der Waals surface area contributed by atoms with Gasteiger partial charge in [-0.15, -0.1) is 5.10 Å². The summed E-state index contributed by atoms with van der Waals surface area (Å²) in [6.07, 6.45) is 4.87. The number of aliphatic imine (C=N–C) groups is 1. The van der Waals surface area contributed by atoms with Crippen LogP contribution in [0.1, 0.15) is 11.7 Å². The molecule has 1 atom stereocenters. The predicted molar refractivity (Wildman–Crippen MR) is 75.1 cm³/mol. The van der Waals surface area contributed by atoms with Gasteiger partial charge in [0.15, 0.2) is 17.8 Å². The molecule has 7 nitrogen and oxygen atoms in total. The van der Waals surface area contributed by atoms with E-state index in [1.807, 2.05) is 24.3 Å². The molecule has 0 aliphatic carbocycles. The average molecular weight is 265 g/mol. The fourth-order valence-corrected chi connectivity index (χ4v) is 2.33. The Balaban J connectivity index is 1.96. The lowest BCUT2D eigenvalue weighted by molar-refractivity contribution is 0.546. The summed E-state index contributed by atoms with van der Waals surface area (Å²) in [6.45, 7) is 0. The van der Waals surface area contributed by atoms with Crippen molar-refractivity contribution in [1.82, 2.24) is 19.7 Å². The van der Waals surface area contributed by atoms with Gasteiger partial charge in [0.05, 0.1) is 5.39 Å². The molecule has 0 saturated carbocycles. The molecular formula is C13H11N7. The van der Waals surface area contributed by atoms with Crippen LogP contribution in [0, 0.1) is 0 Å². The predicted octanol–water partition coefficient (Wildman–Crippen LogP) is 1.11. The summed E-state index contributed by atoms with van der Waals surface area (Å²) in [4.78, 5) is 12.7. The molecule has 4 heterocycles. The molecule has 1 aliphatic rings. The second-order valence-corrected chi connectivity index (χ2v) is 4.46. The molecule has 3 aromatic rings. The number of nitrogens with zero attached hydrogens (tertiary/aromatic N) is 5. The first-order valence-electron chi connectivity index (χ1n) is 6.16. The molecule has 98 valence electrons. The Kier molecular flexibility index (Phi) is 2.19. The van der Waals surface area contributed by atoms with Crippen molar-refractivity contribution < 1.29 is 0 Å². The molecule has 3 aromatic heterocycles. The molecule has 0 spiro atoms. The SMILES string of the molecule is NC1=NC(c2ccncc2)n2nc3ncccc3c2N1. The third-order valence-electron chi connectivity index (χ3n) is 3.22. The van der Waals surface area contributed by atoms with Crippen molar-refractivity contribution >= 4 is 22.8 Å². The summed E-state index contributed by atoms with van der Waals surface area (Å²) in [7, 11) is 0. The number of aromatic nitrogens is 4. The number of rotatable bonds is 1. The Morgan fingerprint density at radius 2 is 2.00 bits per heavy atom. The van der Waals surface area contributed by atoms with E-state index in [0.29, 0.717) is 11.6 Å². The zero-order valence-electron chi connectivity index (χ0n) is 10.4. The molecule has 7 heteroatoms. The van der Waals surface area contributed by atoms with Gasteiger partial charge >= 0.3 is 0 Å². The van der Waals surface area contributed by atoms with E-state index < -0.39 is 0 Å². The summed E-state index contributed by atoms with van der Waals surface area (Å²) in [6, 6.07) is 7.62. The van der Waals surface area contributed by atoms with Gasteiger partial charge in [-0.3, -0.25) is 4.98 Å². The van der Waals surface area contributed by atoms with Crippen LogP contribution in [0.4, 0.5) is 5.82 Å². The number of nitrogens with one attached hydrogen (secondary N) is 1. The highest BCUT2D eigenvalue weighted by Gasteiger charge is 2.25. The Hall–Kier alpha value is -2.96. The second-order valence-electron chi connectivity index (χ2n) is 4.46. The van der Waals surface area contributed by atoms with Crippen LogP contribution < -0.4 is 11.1 Å². The standard InChI is InChI=1S/C13H11N7/c14-13-17-11(8-3-6-15-7-4-8)20-12(18-13)9-2-1-5-16-10(9)19-20/h1-7,11H,(H3,14,17,18). The monoisotopic (exact) mass is 265 g/mol. The number of hydrogen-bond acceptors (Lipinski definition) is 6. The van der Waals surface area contributed by atoms with Gasteiger partial charge in [0.2, 0.25) is 0 Å². The van der Waals surface area contributed by atoms with Gasteiger partial charge in [-0.25, -0.2) is 14.7 Å². The van der Waals surface area contributed by atoms with Gasteiger partial charge in [0, 0.05) is 24.2 Å². The Morgan fingerprint density at radius 1 is 1.15 bits per heavy atom. The van der Waals surface area contributed by atoms with E-state index in [1.165, 1.54) is 0 Å². The first-order chi connectivity index (χ1) is 9.83. The van der Waals surface area contributed by atoms with Gasteiger partial charge in [-0.05, 0) is 24.3 Å². The molecule has 0 bridgehead atoms. The number of guanidine groups is 1. The van der Waals surface area contributed by atoms with Gasteiger partial charge < -0.3 is 11.1 Å². The Morgan fingerprint density at radius 3 is 2.85 bits per heavy atom.